The Morgan fingerprint density at radius 1 is 1.17 bits per heavy atom. The summed E-state index contributed by atoms with van der Waals surface area (Å²) in [7, 11) is -3.59. The number of hydrogen-bond donors (Lipinski definition) is 0. The third-order valence-corrected chi connectivity index (χ3v) is 6.34. The Kier molecular flexibility index (Phi) is 7.16. The summed E-state index contributed by atoms with van der Waals surface area (Å²) in [4.78, 5) is 9.52. The molecule has 3 aromatic rings. The molecular weight excluding hydrogens is 482 g/mol. The Hall–Kier alpha value is -2.92. The molecule has 0 amide bonds. The van der Waals surface area contributed by atoms with Crippen LogP contribution in [0.15, 0.2) is 24.4 Å². The van der Waals surface area contributed by atoms with Crippen LogP contribution in [0.2, 0.25) is 0 Å². The number of hydrogen-bond acceptors (Lipinski definition) is 8. The molecule has 0 spiro atoms. The van der Waals surface area contributed by atoms with E-state index in [1.54, 1.807) is 0 Å². The van der Waals surface area contributed by atoms with Gasteiger partial charge in [0.05, 0.1) is 18.4 Å². The molecule has 0 saturated carbocycles. The van der Waals surface area contributed by atoms with E-state index in [9.17, 15) is 8.42 Å². The van der Waals surface area contributed by atoms with E-state index >= 15 is 0 Å². The van der Waals surface area contributed by atoms with Crippen molar-refractivity contribution >= 4 is 10.1 Å². The smallest absolute Gasteiger partial charge is 0.264 e. The molecule has 36 heavy (non-hydrogen) atoms. The summed E-state index contributed by atoms with van der Waals surface area (Å²) in [6.07, 6.45) is 3.65. The van der Waals surface area contributed by atoms with Gasteiger partial charge in [-0.3, -0.25) is 4.18 Å². The van der Waals surface area contributed by atoms with Crippen molar-refractivity contribution in [2.75, 3.05) is 19.5 Å². The maximum absolute atomic E-state index is 11.6. The molecule has 0 radical (unpaired) electrons. The third-order valence-electron chi connectivity index (χ3n) is 5.80. The van der Waals surface area contributed by atoms with Crippen molar-refractivity contribution in [1.82, 2.24) is 24.3 Å². The highest BCUT2D eigenvalue weighted by Crippen LogP contribution is 2.38. The maximum atomic E-state index is 11.6. The Bertz CT molecular complexity index is 1340. The van der Waals surface area contributed by atoms with E-state index < -0.39 is 15.7 Å². The second-order valence-corrected chi connectivity index (χ2v) is 11.9. The predicted octanol–water partition coefficient (Wildman–Crippen LogP) is 4.25. The first-order valence-corrected chi connectivity index (χ1v) is 14.0. The number of nitrogens with zero attached hydrogens (tertiary/aromatic N) is 5. The Morgan fingerprint density at radius 3 is 2.58 bits per heavy atom. The highest BCUT2D eigenvalue weighted by atomic mass is 32.2. The summed E-state index contributed by atoms with van der Waals surface area (Å²) in [6.45, 7) is 13.0. The Balaban J connectivity index is 1.66. The van der Waals surface area contributed by atoms with Crippen LogP contribution in [0.5, 0.6) is 11.5 Å². The third kappa shape index (κ3) is 5.89. The van der Waals surface area contributed by atoms with Crippen molar-refractivity contribution in [1.29, 1.82) is 0 Å². The second-order valence-electron chi connectivity index (χ2n) is 10.3. The minimum atomic E-state index is -3.59. The monoisotopic (exact) mass is 517 g/mol. The summed E-state index contributed by atoms with van der Waals surface area (Å²) in [5.41, 5.74) is 0.770. The number of aryl methyl sites for hydroxylation is 1. The van der Waals surface area contributed by atoms with Gasteiger partial charge in [0, 0.05) is 18.3 Å². The molecular formula is C25H35N5O5S. The zero-order chi connectivity index (χ0) is 26.3. The van der Waals surface area contributed by atoms with E-state index in [0.29, 0.717) is 36.9 Å². The zero-order valence-electron chi connectivity index (χ0n) is 22.0. The van der Waals surface area contributed by atoms with Crippen molar-refractivity contribution in [3.8, 4) is 34.4 Å². The van der Waals surface area contributed by atoms with Gasteiger partial charge in [-0.2, -0.15) is 13.5 Å². The van der Waals surface area contributed by atoms with Crippen molar-refractivity contribution in [2.45, 2.75) is 66.2 Å². The standard InChI is InChI=1S/C25H35N5O5S/c1-16(2)13-25(6,15-34-36(7,31)32)35-19-8-9-20-22(12-19)33-11-10-29-14-21(27-23(20)29)24-26-18(5)28-30(24)17(3)4/h8-9,12,14,16-17H,10-11,13,15H2,1-7H3. The fourth-order valence-electron chi connectivity index (χ4n) is 4.51. The minimum Gasteiger partial charge on any atom is -0.491 e. The van der Waals surface area contributed by atoms with Crippen molar-refractivity contribution < 1.29 is 22.1 Å². The van der Waals surface area contributed by atoms with Crippen LogP contribution < -0.4 is 9.47 Å². The summed E-state index contributed by atoms with van der Waals surface area (Å²) in [5, 5.41) is 4.52. The number of fused-ring (bicyclic) bond motifs is 3. The number of imidazole rings is 1. The molecule has 1 aliphatic rings. The van der Waals surface area contributed by atoms with Crippen molar-refractivity contribution in [3.05, 3.63) is 30.2 Å². The maximum Gasteiger partial charge on any atom is 0.264 e. The van der Waals surface area contributed by atoms with Gasteiger partial charge in [-0.25, -0.2) is 14.6 Å². The van der Waals surface area contributed by atoms with E-state index in [0.717, 1.165) is 29.2 Å². The number of rotatable bonds is 9. The van der Waals surface area contributed by atoms with Crippen molar-refractivity contribution in [2.24, 2.45) is 5.92 Å². The van der Waals surface area contributed by atoms with Gasteiger partial charge in [-0.05, 0) is 52.2 Å². The van der Waals surface area contributed by atoms with E-state index in [4.69, 9.17) is 18.6 Å². The van der Waals surface area contributed by atoms with Gasteiger partial charge >= 0.3 is 0 Å². The Morgan fingerprint density at radius 2 is 1.92 bits per heavy atom. The van der Waals surface area contributed by atoms with Gasteiger partial charge in [0.15, 0.2) is 5.82 Å². The Labute approximate surface area is 212 Å². The molecule has 1 aromatic carbocycles. The van der Waals surface area contributed by atoms with Crippen LogP contribution >= 0.6 is 0 Å². The first-order chi connectivity index (χ1) is 16.8. The minimum absolute atomic E-state index is 0.0777. The van der Waals surface area contributed by atoms with Gasteiger partial charge in [0.25, 0.3) is 10.1 Å². The van der Waals surface area contributed by atoms with Crippen LogP contribution in [0.1, 0.15) is 52.9 Å². The topological polar surface area (TPSA) is 110 Å². The van der Waals surface area contributed by atoms with Gasteiger partial charge in [0.2, 0.25) is 0 Å². The van der Waals surface area contributed by atoms with Crippen LogP contribution in [-0.2, 0) is 20.8 Å². The highest BCUT2D eigenvalue weighted by Gasteiger charge is 2.31. The molecule has 0 fully saturated rings. The molecule has 0 N–H and O–H groups in total. The summed E-state index contributed by atoms with van der Waals surface area (Å²) < 4.78 is 44.6. The molecule has 1 unspecified atom stereocenters. The average Bonchev–Trinajstić information content (AvgIpc) is 3.31. The number of aromatic nitrogens is 5. The van der Waals surface area contributed by atoms with E-state index in [2.05, 4.69) is 42.3 Å². The molecule has 3 heterocycles. The quantitative estimate of drug-likeness (QED) is 0.388. The lowest BCUT2D eigenvalue weighted by atomic mass is 9.95. The zero-order valence-corrected chi connectivity index (χ0v) is 22.8. The van der Waals surface area contributed by atoms with Crippen LogP contribution in [0.4, 0.5) is 0 Å². The first kappa shape index (κ1) is 26.2. The van der Waals surface area contributed by atoms with Crippen molar-refractivity contribution in [3.63, 3.8) is 0 Å². The lowest BCUT2D eigenvalue weighted by Crippen LogP contribution is -2.40. The molecule has 196 valence electrons. The van der Waals surface area contributed by atoms with E-state index in [-0.39, 0.29) is 18.6 Å². The molecule has 0 saturated heterocycles. The van der Waals surface area contributed by atoms with Gasteiger partial charge in [-0.15, -0.1) is 0 Å². The van der Waals surface area contributed by atoms with Gasteiger partial charge in [0.1, 0.15) is 47.7 Å². The molecule has 4 rings (SSSR count). The molecule has 10 nitrogen and oxygen atoms in total. The molecule has 11 heteroatoms. The highest BCUT2D eigenvalue weighted by molar-refractivity contribution is 7.85. The number of ether oxygens (including phenoxy) is 2. The van der Waals surface area contributed by atoms with E-state index in [1.807, 2.05) is 42.9 Å². The lowest BCUT2D eigenvalue weighted by Gasteiger charge is -2.32. The predicted molar refractivity (Wildman–Crippen MR) is 137 cm³/mol. The molecule has 2 aromatic heterocycles. The lowest BCUT2D eigenvalue weighted by molar-refractivity contribution is 0.0201. The van der Waals surface area contributed by atoms with Crippen LogP contribution in [0, 0.1) is 12.8 Å². The summed E-state index contributed by atoms with van der Waals surface area (Å²) >= 11 is 0. The van der Waals surface area contributed by atoms with Gasteiger partial charge in [-0.1, -0.05) is 13.8 Å². The molecule has 1 aliphatic heterocycles. The average molecular weight is 518 g/mol. The molecule has 0 aliphatic carbocycles. The van der Waals surface area contributed by atoms with E-state index in [1.165, 1.54) is 0 Å². The largest absolute Gasteiger partial charge is 0.491 e. The van der Waals surface area contributed by atoms with Crippen LogP contribution in [-0.4, -0.2) is 57.8 Å². The molecule has 1 atom stereocenters. The van der Waals surface area contributed by atoms with Crippen LogP contribution in [0.25, 0.3) is 22.9 Å². The van der Waals surface area contributed by atoms with Gasteiger partial charge < -0.3 is 14.0 Å². The fourth-order valence-corrected chi connectivity index (χ4v) is 4.97. The summed E-state index contributed by atoms with van der Waals surface area (Å²) in [5.74, 6) is 3.73. The second kappa shape index (κ2) is 9.85. The summed E-state index contributed by atoms with van der Waals surface area (Å²) in [6, 6.07) is 5.76. The first-order valence-electron chi connectivity index (χ1n) is 12.1. The van der Waals surface area contributed by atoms with Crippen LogP contribution in [0.3, 0.4) is 0 Å². The normalized spacial score (nSPS) is 15.2. The fraction of sp³-hybridized carbons (Fsp3) is 0.560. The SMILES string of the molecule is Cc1nc(-c2cn3c(n2)-c2ccc(OC(C)(COS(C)(=O)=O)CC(C)C)cc2OCC3)n(C(C)C)n1. The molecule has 0 bridgehead atoms. The number of benzene rings is 1.